The van der Waals surface area contributed by atoms with Crippen molar-refractivity contribution in [3.8, 4) is 5.75 Å². The van der Waals surface area contributed by atoms with Crippen LogP contribution in [0.1, 0.15) is 39.5 Å². The second-order valence-corrected chi connectivity index (χ2v) is 6.65. The Balaban J connectivity index is 2.21. The number of hydrogen-bond acceptors (Lipinski definition) is 3. The van der Waals surface area contributed by atoms with Gasteiger partial charge in [-0.2, -0.15) is 0 Å². The second kappa shape index (κ2) is 5.60. The highest BCUT2D eigenvalue weighted by molar-refractivity contribution is 5.51. The van der Waals surface area contributed by atoms with E-state index in [9.17, 15) is 4.39 Å². The number of methoxy groups -OCH3 is 1. The third-order valence-corrected chi connectivity index (χ3v) is 4.28. The first-order chi connectivity index (χ1) is 9.40. The van der Waals surface area contributed by atoms with Crippen molar-refractivity contribution in [2.75, 3.05) is 19.0 Å². The van der Waals surface area contributed by atoms with E-state index >= 15 is 0 Å². The first-order valence-electron chi connectivity index (χ1n) is 7.22. The number of anilines is 1. The molecule has 112 valence electrons. The van der Waals surface area contributed by atoms with Gasteiger partial charge in [0.1, 0.15) is 0 Å². The van der Waals surface area contributed by atoms with Crippen LogP contribution in [0.15, 0.2) is 18.2 Å². The molecule has 1 atom stereocenters. The van der Waals surface area contributed by atoms with Crippen LogP contribution in [0.25, 0.3) is 0 Å². The van der Waals surface area contributed by atoms with E-state index in [-0.39, 0.29) is 22.5 Å². The Labute approximate surface area is 120 Å². The van der Waals surface area contributed by atoms with E-state index in [1.807, 2.05) is 0 Å². The van der Waals surface area contributed by atoms with Gasteiger partial charge in [-0.3, -0.25) is 0 Å². The number of rotatable bonds is 4. The minimum atomic E-state index is -0.344. The molecule has 0 radical (unpaired) electrons. The zero-order valence-corrected chi connectivity index (χ0v) is 12.6. The molecule has 1 aromatic rings. The smallest absolute Gasteiger partial charge is 0.165 e. The van der Waals surface area contributed by atoms with E-state index in [1.165, 1.54) is 19.6 Å². The van der Waals surface area contributed by atoms with Crippen molar-refractivity contribution in [3.63, 3.8) is 0 Å². The molecule has 4 heteroatoms. The average Bonchev–Trinajstić information content (AvgIpc) is 2.40. The van der Waals surface area contributed by atoms with Gasteiger partial charge in [0.15, 0.2) is 11.6 Å². The SMILES string of the molecule is COc1cc(NC2(CN)CCCC(C)(C)C2)ccc1F. The monoisotopic (exact) mass is 280 g/mol. The van der Waals surface area contributed by atoms with Crippen molar-refractivity contribution < 1.29 is 9.13 Å². The summed E-state index contributed by atoms with van der Waals surface area (Å²) in [7, 11) is 1.48. The molecule has 1 fully saturated rings. The van der Waals surface area contributed by atoms with Crippen LogP contribution in [0.3, 0.4) is 0 Å². The third kappa shape index (κ3) is 3.23. The highest BCUT2D eigenvalue weighted by Crippen LogP contribution is 2.42. The van der Waals surface area contributed by atoms with Crippen LogP contribution in [-0.4, -0.2) is 19.2 Å². The third-order valence-electron chi connectivity index (χ3n) is 4.28. The fourth-order valence-electron chi connectivity index (χ4n) is 3.37. The van der Waals surface area contributed by atoms with Gasteiger partial charge >= 0.3 is 0 Å². The Bertz CT molecular complexity index is 476. The van der Waals surface area contributed by atoms with Crippen LogP contribution in [-0.2, 0) is 0 Å². The number of ether oxygens (including phenoxy) is 1. The predicted molar refractivity (Wildman–Crippen MR) is 80.6 cm³/mol. The van der Waals surface area contributed by atoms with Crippen LogP contribution in [0, 0.1) is 11.2 Å². The van der Waals surface area contributed by atoms with E-state index in [2.05, 4.69) is 19.2 Å². The van der Waals surface area contributed by atoms with Gasteiger partial charge in [0.25, 0.3) is 0 Å². The molecule has 1 aromatic carbocycles. The molecule has 0 amide bonds. The number of nitrogens with two attached hydrogens (primary N) is 1. The van der Waals surface area contributed by atoms with Gasteiger partial charge in [-0.1, -0.05) is 20.3 Å². The van der Waals surface area contributed by atoms with Gasteiger partial charge in [-0.05, 0) is 36.8 Å². The summed E-state index contributed by atoms with van der Waals surface area (Å²) >= 11 is 0. The number of halogens is 1. The van der Waals surface area contributed by atoms with Gasteiger partial charge in [0.05, 0.1) is 12.6 Å². The summed E-state index contributed by atoms with van der Waals surface area (Å²) in [6.07, 6.45) is 4.46. The zero-order chi connectivity index (χ0) is 14.8. The zero-order valence-electron chi connectivity index (χ0n) is 12.6. The first kappa shape index (κ1) is 15.1. The molecule has 0 bridgehead atoms. The number of benzene rings is 1. The van der Waals surface area contributed by atoms with Crippen LogP contribution in [0.5, 0.6) is 5.75 Å². The minimum Gasteiger partial charge on any atom is -0.494 e. The molecule has 1 aliphatic rings. The number of nitrogens with one attached hydrogen (secondary N) is 1. The Morgan fingerprint density at radius 1 is 1.35 bits per heavy atom. The van der Waals surface area contributed by atoms with Crippen LogP contribution < -0.4 is 15.8 Å². The average molecular weight is 280 g/mol. The summed E-state index contributed by atoms with van der Waals surface area (Å²) < 4.78 is 18.5. The quantitative estimate of drug-likeness (QED) is 0.886. The summed E-state index contributed by atoms with van der Waals surface area (Å²) in [6, 6.07) is 4.88. The second-order valence-electron chi connectivity index (χ2n) is 6.65. The Kier molecular flexibility index (Phi) is 4.23. The maximum atomic E-state index is 13.5. The molecule has 3 N–H and O–H groups in total. The minimum absolute atomic E-state index is 0.107. The largest absolute Gasteiger partial charge is 0.494 e. The fraction of sp³-hybridized carbons (Fsp3) is 0.625. The standard InChI is InChI=1S/C16H25FN2O/c1-15(2)7-4-8-16(10-15,11-18)19-12-5-6-13(17)14(9-12)20-3/h5-6,9,19H,4,7-8,10-11,18H2,1-3H3. The summed E-state index contributed by atoms with van der Waals surface area (Å²) in [5, 5.41) is 3.53. The van der Waals surface area contributed by atoms with Gasteiger partial charge < -0.3 is 15.8 Å². The molecular formula is C16H25FN2O. The lowest BCUT2D eigenvalue weighted by Gasteiger charge is -2.45. The fourth-order valence-corrected chi connectivity index (χ4v) is 3.37. The molecule has 0 heterocycles. The molecule has 1 unspecified atom stereocenters. The normalized spacial score (nSPS) is 25.2. The van der Waals surface area contributed by atoms with Crippen molar-refractivity contribution in [1.82, 2.24) is 0 Å². The van der Waals surface area contributed by atoms with Crippen LogP contribution in [0.4, 0.5) is 10.1 Å². The molecule has 0 spiro atoms. The Hall–Kier alpha value is -1.29. The lowest BCUT2D eigenvalue weighted by molar-refractivity contribution is 0.170. The van der Waals surface area contributed by atoms with E-state index in [1.54, 1.807) is 12.1 Å². The molecule has 2 rings (SSSR count). The molecule has 0 saturated heterocycles. The number of hydrogen-bond donors (Lipinski definition) is 2. The molecular weight excluding hydrogens is 255 g/mol. The Morgan fingerprint density at radius 3 is 2.70 bits per heavy atom. The summed E-state index contributed by atoms with van der Waals surface area (Å²) in [5.41, 5.74) is 7.09. The molecule has 1 saturated carbocycles. The summed E-state index contributed by atoms with van der Waals surface area (Å²) in [5.74, 6) is -0.0823. The van der Waals surface area contributed by atoms with Gasteiger partial charge in [0.2, 0.25) is 0 Å². The Morgan fingerprint density at radius 2 is 2.10 bits per heavy atom. The van der Waals surface area contributed by atoms with Gasteiger partial charge in [-0.15, -0.1) is 0 Å². The molecule has 1 aliphatic carbocycles. The van der Waals surface area contributed by atoms with Crippen molar-refractivity contribution in [2.24, 2.45) is 11.1 Å². The van der Waals surface area contributed by atoms with Crippen molar-refractivity contribution in [2.45, 2.75) is 45.1 Å². The maximum absolute atomic E-state index is 13.5. The molecule has 0 aromatic heterocycles. The van der Waals surface area contributed by atoms with Crippen LogP contribution in [0.2, 0.25) is 0 Å². The highest BCUT2D eigenvalue weighted by atomic mass is 19.1. The van der Waals surface area contributed by atoms with E-state index in [0.29, 0.717) is 6.54 Å². The lowest BCUT2D eigenvalue weighted by Crippen LogP contribution is -2.51. The summed E-state index contributed by atoms with van der Waals surface area (Å²) in [6.45, 7) is 5.14. The van der Waals surface area contributed by atoms with Crippen molar-refractivity contribution >= 4 is 5.69 Å². The van der Waals surface area contributed by atoms with E-state index in [4.69, 9.17) is 10.5 Å². The first-order valence-corrected chi connectivity index (χ1v) is 7.22. The molecule has 3 nitrogen and oxygen atoms in total. The molecule has 20 heavy (non-hydrogen) atoms. The lowest BCUT2D eigenvalue weighted by atomic mass is 9.68. The van der Waals surface area contributed by atoms with Crippen LogP contribution >= 0.6 is 0 Å². The maximum Gasteiger partial charge on any atom is 0.165 e. The van der Waals surface area contributed by atoms with Gasteiger partial charge in [0, 0.05) is 18.3 Å². The van der Waals surface area contributed by atoms with Crippen molar-refractivity contribution in [3.05, 3.63) is 24.0 Å². The van der Waals surface area contributed by atoms with Gasteiger partial charge in [-0.25, -0.2) is 4.39 Å². The predicted octanol–water partition coefficient (Wildman–Crippen LogP) is 3.54. The molecule has 0 aliphatic heterocycles. The summed E-state index contributed by atoms with van der Waals surface area (Å²) in [4.78, 5) is 0. The van der Waals surface area contributed by atoms with Crippen molar-refractivity contribution in [1.29, 1.82) is 0 Å². The topological polar surface area (TPSA) is 47.3 Å². The highest BCUT2D eigenvalue weighted by Gasteiger charge is 2.39. The van der Waals surface area contributed by atoms with E-state index < -0.39 is 0 Å². The van der Waals surface area contributed by atoms with E-state index in [0.717, 1.165) is 24.9 Å².